The van der Waals surface area contributed by atoms with E-state index in [4.69, 9.17) is 9.47 Å². The summed E-state index contributed by atoms with van der Waals surface area (Å²) < 4.78 is 50.4. The largest absolute Gasteiger partial charge is 0.454 e. The molecule has 9 heteroatoms. The quantitative estimate of drug-likeness (QED) is 0.724. The fraction of sp³-hybridized carbons (Fsp3) is 0.381. The molecule has 0 aliphatic carbocycles. The number of ether oxygens (including phenoxy) is 2. The van der Waals surface area contributed by atoms with Crippen LogP contribution in [0.4, 0.5) is 13.2 Å². The number of likely N-dealkylation sites (tertiary alicyclic amines) is 1. The molecule has 4 rings (SSSR count). The lowest BCUT2D eigenvalue weighted by Gasteiger charge is -2.26. The number of alkyl halides is 3. The van der Waals surface area contributed by atoms with Gasteiger partial charge in [0, 0.05) is 31.6 Å². The summed E-state index contributed by atoms with van der Waals surface area (Å²) in [6.07, 6.45) is -3.17. The first-order valence-corrected chi connectivity index (χ1v) is 9.47. The van der Waals surface area contributed by atoms with Crippen LogP contribution in [0.15, 0.2) is 42.5 Å². The van der Waals surface area contributed by atoms with Gasteiger partial charge in [-0.15, -0.1) is 12.4 Å². The molecule has 0 aromatic heterocycles. The molecule has 2 aliphatic rings. The molecule has 1 amide bonds. The summed E-state index contributed by atoms with van der Waals surface area (Å²) in [6.45, 7) is 1.45. The zero-order chi connectivity index (χ0) is 20.4. The SMILES string of the molecule is Cl.O=C1CCCN1CC(NCc1cccc2c1OCO2)c1cccc(C(F)(F)F)c1. The smallest absolute Gasteiger partial charge is 0.416 e. The normalized spacial score (nSPS) is 16.5. The number of benzene rings is 2. The number of rotatable bonds is 6. The maximum atomic E-state index is 13.2. The summed E-state index contributed by atoms with van der Waals surface area (Å²) >= 11 is 0. The molecule has 2 aliphatic heterocycles. The Hall–Kier alpha value is -2.45. The average molecular weight is 443 g/mol. The lowest BCUT2D eigenvalue weighted by Crippen LogP contribution is -2.36. The number of amides is 1. The number of nitrogens with zero attached hydrogens (tertiary/aromatic N) is 1. The van der Waals surface area contributed by atoms with Crippen LogP contribution >= 0.6 is 12.4 Å². The molecule has 30 heavy (non-hydrogen) atoms. The highest BCUT2D eigenvalue weighted by Gasteiger charge is 2.32. The number of carbonyl (C=O) groups excluding carboxylic acids is 1. The molecule has 1 N–H and O–H groups in total. The number of nitrogens with one attached hydrogen (secondary N) is 1. The first kappa shape index (κ1) is 22.2. The monoisotopic (exact) mass is 442 g/mol. The summed E-state index contributed by atoms with van der Waals surface area (Å²) in [7, 11) is 0. The Kier molecular flexibility index (Phi) is 6.77. The van der Waals surface area contributed by atoms with Gasteiger partial charge < -0.3 is 19.7 Å². The minimum atomic E-state index is -4.42. The van der Waals surface area contributed by atoms with Crippen LogP contribution in [-0.2, 0) is 17.5 Å². The van der Waals surface area contributed by atoms with Crippen LogP contribution in [0.25, 0.3) is 0 Å². The number of fused-ring (bicyclic) bond motifs is 1. The Morgan fingerprint density at radius 2 is 1.93 bits per heavy atom. The maximum absolute atomic E-state index is 13.2. The number of hydrogen-bond acceptors (Lipinski definition) is 4. The van der Waals surface area contributed by atoms with E-state index < -0.39 is 17.8 Å². The number of halogens is 4. The van der Waals surface area contributed by atoms with Gasteiger partial charge in [-0.1, -0.05) is 24.3 Å². The summed E-state index contributed by atoms with van der Waals surface area (Å²) in [5.74, 6) is 1.32. The Balaban J connectivity index is 0.00000256. The zero-order valence-corrected chi connectivity index (χ0v) is 16.9. The zero-order valence-electron chi connectivity index (χ0n) is 16.1. The van der Waals surface area contributed by atoms with Crippen LogP contribution in [0.3, 0.4) is 0 Å². The third-order valence-electron chi connectivity index (χ3n) is 5.21. The van der Waals surface area contributed by atoms with Crippen molar-refractivity contribution in [3.63, 3.8) is 0 Å². The summed E-state index contributed by atoms with van der Waals surface area (Å²) in [5.41, 5.74) is 0.640. The second kappa shape index (κ2) is 9.14. The molecule has 1 unspecified atom stereocenters. The highest BCUT2D eigenvalue weighted by molar-refractivity contribution is 5.85. The molecule has 5 nitrogen and oxygen atoms in total. The third-order valence-corrected chi connectivity index (χ3v) is 5.21. The van der Waals surface area contributed by atoms with Crippen LogP contribution in [-0.4, -0.2) is 30.7 Å². The minimum absolute atomic E-state index is 0. The van der Waals surface area contributed by atoms with Crippen LogP contribution in [0.2, 0.25) is 0 Å². The van der Waals surface area contributed by atoms with Crippen molar-refractivity contribution in [3.05, 3.63) is 59.2 Å². The molecule has 1 saturated heterocycles. The lowest BCUT2D eigenvalue weighted by molar-refractivity contribution is -0.137. The van der Waals surface area contributed by atoms with Gasteiger partial charge in [0.2, 0.25) is 12.7 Å². The molecule has 0 radical (unpaired) electrons. The van der Waals surface area contributed by atoms with E-state index in [1.807, 2.05) is 12.1 Å². The van der Waals surface area contributed by atoms with Crippen molar-refractivity contribution in [2.24, 2.45) is 0 Å². The first-order chi connectivity index (χ1) is 13.9. The van der Waals surface area contributed by atoms with Crippen molar-refractivity contribution < 1.29 is 27.4 Å². The molecule has 162 valence electrons. The molecular weight excluding hydrogens is 421 g/mol. The van der Waals surface area contributed by atoms with Gasteiger partial charge in [-0.2, -0.15) is 13.2 Å². The first-order valence-electron chi connectivity index (χ1n) is 9.47. The van der Waals surface area contributed by atoms with Gasteiger partial charge in [-0.3, -0.25) is 4.79 Å². The van der Waals surface area contributed by atoms with Gasteiger partial charge >= 0.3 is 6.18 Å². The molecule has 1 fully saturated rings. The number of hydrogen-bond donors (Lipinski definition) is 1. The summed E-state index contributed by atoms with van der Waals surface area (Å²) in [4.78, 5) is 13.8. The fourth-order valence-corrected chi connectivity index (χ4v) is 3.70. The van der Waals surface area contributed by atoms with Gasteiger partial charge in [0.25, 0.3) is 0 Å². The molecule has 2 aromatic carbocycles. The van der Waals surface area contributed by atoms with E-state index in [1.165, 1.54) is 6.07 Å². The number of para-hydroxylation sites is 1. The molecule has 1 atom stereocenters. The van der Waals surface area contributed by atoms with E-state index >= 15 is 0 Å². The van der Waals surface area contributed by atoms with Gasteiger partial charge in [0.05, 0.1) is 11.6 Å². The van der Waals surface area contributed by atoms with Crippen LogP contribution in [0.5, 0.6) is 11.5 Å². The average Bonchev–Trinajstić information content (AvgIpc) is 3.33. The van der Waals surface area contributed by atoms with Gasteiger partial charge in [-0.25, -0.2) is 0 Å². The third kappa shape index (κ3) is 4.82. The topological polar surface area (TPSA) is 50.8 Å². The predicted molar refractivity (Wildman–Crippen MR) is 107 cm³/mol. The van der Waals surface area contributed by atoms with Crippen molar-refractivity contribution in [1.82, 2.24) is 10.2 Å². The summed E-state index contributed by atoms with van der Waals surface area (Å²) in [6, 6.07) is 10.3. The van der Waals surface area contributed by atoms with E-state index in [9.17, 15) is 18.0 Å². The van der Waals surface area contributed by atoms with Crippen molar-refractivity contribution in [1.29, 1.82) is 0 Å². The van der Waals surface area contributed by atoms with E-state index in [-0.39, 0.29) is 25.1 Å². The second-order valence-electron chi connectivity index (χ2n) is 7.15. The second-order valence-corrected chi connectivity index (χ2v) is 7.15. The molecule has 2 heterocycles. The van der Waals surface area contributed by atoms with E-state index in [2.05, 4.69) is 5.32 Å². The Morgan fingerprint density at radius 3 is 2.67 bits per heavy atom. The van der Waals surface area contributed by atoms with Gasteiger partial charge in [-0.05, 0) is 30.2 Å². The van der Waals surface area contributed by atoms with Gasteiger partial charge in [0.15, 0.2) is 11.5 Å². The van der Waals surface area contributed by atoms with Crippen LogP contribution in [0.1, 0.15) is 35.6 Å². The Bertz CT molecular complexity index is 907. The van der Waals surface area contributed by atoms with Gasteiger partial charge in [0.1, 0.15) is 0 Å². The van der Waals surface area contributed by atoms with Crippen molar-refractivity contribution in [3.8, 4) is 11.5 Å². The fourth-order valence-electron chi connectivity index (χ4n) is 3.70. The predicted octanol–water partition coefficient (Wildman–Crippen LogP) is 4.31. The standard InChI is InChI=1S/C21H21F3N2O3.ClH/c22-21(23,24)16-6-1-4-14(10-16)17(12-26-9-3-8-19(26)27)25-11-15-5-2-7-18-20(15)29-13-28-18;/h1-2,4-7,10,17,25H,3,8-9,11-13H2;1H. The Morgan fingerprint density at radius 1 is 1.13 bits per heavy atom. The van der Waals surface area contributed by atoms with Crippen molar-refractivity contribution in [2.75, 3.05) is 19.9 Å². The van der Waals surface area contributed by atoms with E-state index in [0.717, 1.165) is 24.1 Å². The lowest BCUT2D eigenvalue weighted by atomic mass is 10.0. The molecule has 0 bridgehead atoms. The minimum Gasteiger partial charge on any atom is -0.454 e. The van der Waals surface area contributed by atoms with Crippen LogP contribution in [0, 0.1) is 0 Å². The van der Waals surface area contributed by atoms with Crippen molar-refractivity contribution >= 4 is 18.3 Å². The Labute approximate surface area is 178 Å². The highest BCUT2D eigenvalue weighted by Crippen LogP contribution is 2.36. The molecule has 0 saturated carbocycles. The van der Waals surface area contributed by atoms with Crippen molar-refractivity contribution in [2.45, 2.75) is 31.6 Å². The number of carbonyl (C=O) groups is 1. The molecule has 0 spiro atoms. The van der Waals surface area contributed by atoms with E-state index in [0.29, 0.717) is 43.1 Å². The van der Waals surface area contributed by atoms with E-state index in [1.54, 1.807) is 17.0 Å². The van der Waals surface area contributed by atoms with Crippen LogP contribution < -0.4 is 14.8 Å². The molecular formula is C21H22ClF3N2O3. The summed E-state index contributed by atoms with van der Waals surface area (Å²) in [5, 5.41) is 3.31. The molecule has 2 aromatic rings. The maximum Gasteiger partial charge on any atom is 0.416 e. The highest BCUT2D eigenvalue weighted by atomic mass is 35.5.